The maximum atomic E-state index is 4.57. The monoisotopic (exact) mass is 1150 g/mol. The van der Waals surface area contributed by atoms with Gasteiger partial charge in [-0.25, -0.2) is 15.0 Å². The van der Waals surface area contributed by atoms with Crippen molar-refractivity contribution in [2.75, 3.05) is 0 Å². The Morgan fingerprint density at radius 3 is 0.928 bits per heavy atom. The average molecular weight is 1150 g/mol. The Morgan fingerprint density at radius 2 is 0.602 bits per heavy atom. The molecule has 0 N–H and O–H groups in total. The Kier molecular flexibility index (Phi) is 35.7. The summed E-state index contributed by atoms with van der Waals surface area (Å²) in [5.74, 6) is 8.78. The Labute approximate surface area is 513 Å². The molecule has 0 radical (unpaired) electrons. The van der Waals surface area contributed by atoms with Gasteiger partial charge in [-0.3, -0.25) is 19.9 Å². The first-order valence-corrected chi connectivity index (χ1v) is 32.4. The third kappa shape index (κ3) is 29.8. The normalized spacial score (nSPS) is 11.2. The van der Waals surface area contributed by atoms with Crippen LogP contribution in [-0.4, -0.2) is 34.9 Å². The number of aromatic nitrogens is 7. The summed E-state index contributed by atoms with van der Waals surface area (Å²) >= 11 is 1.77. The molecule has 0 saturated carbocycles. The minimum Gasteiger partial charge on any atom is -0.264 e. The summed E-state index contributed by atoms with van der Waals surface area (Å²) in [4.78, 5) is 30.6. The zero-order valence-electron chi connectivity index (χ0n) is 57.6. The van der Waals surface area contributed by atoms with Gasteiger partial charge in [-0.2, -0.15) is 0 Å². The van der Waals surface area contributed by atoms with Gasteiger partial charge in [0.2, 0.25) is 0 Å². The van der Waals surface area contributed by atoms with Crippen molar-refractivity contribution in [2.24, 2.45) is 0 Å². The molecule has 0 saturated heterocycles. The molecule has 6 aromatic heterocycles. The molecule has 7 aromatic rings. The molecule has 8 heteroatoms. The first-order valence-electron chi connectivity index (χ1n) is 31.5. The van der Waals surface area contributed by atoms with E-state index in [1.54, 1.807) is 11.3 Å². The maximum Gasteiger partial charge on any atom is 0.131 e. The standard InChI is InChI=1S/C12H18.4C11H17N.C10H16N2.C9H15NS/c1-9(2)11-6-5-7-12(8-11)10(3)4;1-8(2)10-5-11(9(3)4)7-12-6-10;2*1-8(2)10-5-6-12-11(7-10)9(3)4;1-8(2)10-6-5-7-11(12-10)9(3)4;1-7(2)9-5-6-11-10(12-9)8(3)4;1-6(2)8-5-11-9(10-8)7(3)4/h5-10H,1-4H3;4*5-9H,1-4H3;5-8H,1-4H3;5-7H,1-4H3. The van der Waals surface area contributed by atoms with E-state index < -0.39 is 0 Å². The van der Waals surface area contributed by atoms with Crippen LogP contribution >= 0.6 is 11.3 Å². The van der Waals surface area contributed by atoms with Gasteiger partial charge >= 0.3 is 0 Å². The molecule has 0 unspecified atom stereocenters. The Morgan fingerprint density at radius 1 is 0.265 bits per heavy atom. The molecular weight excluding hydrogens is 1030 g/mol. The summed E-state index contributed by atoms with van der Waals surface area (Å²) in [6.07, 6.45) is 9.57. The van der Waals surface area contributed by atoms with Crippen molar-refractivity contribution >= 4 is 11.3 Å². The van der Waals surface area contributed by atoms with E-state index in [0.29, 0.717) is 82.9 Å². The molecule has 0 amide bonds. The number of hydrogen-bond donors (Lipinski definition) is 0. The van der Waals surface area contributed by atoms with Crippen molar-refractivity contribution in [1.29, 1.82) is 0 Å². The lowest BCUT2D eigenvalue weighted by molar-refractivity contribution is 0.729. The predicted molar refractivity (Wildman–Crippen MR) is 365 cm³/mol. The molecule has 7 nitrogen and oxygen atoms in total. The first kappa shape index (κ1) is 75.5. The SMILES string of the molecule is CC(C)c1cccc(C(C)C)c1.CC(C)c1cccc(C(C)C)n1.CC(C)c1ccnc(C(C)C)c1.CC(C)c1ccnc(C(C)C)c1.CC(C)c1ccnc(C(C)C)n1.CC(C)c1cncc(C(C)C)c1.CC(C)c1csc(C(C)C)n1. The van der Waals surface area contributed by atoms with Crippen LogP contribution in [0.25, 0.3) is 0 Å². The topological polar surface area (TPSA) is 90.2 Å². The highest BCUT2D eigenvalue weighted by molar-refractivity contribution is 7.09. The molecular formula is C75H117N7S. The second-order valence-electron chi connectivity index (χ2n) is 26.4. The molecule has 0 aliphatic carbocycles. The average Bonchev–Trinajstić information content (AvgIpc) is 3.96. The van der Waals surface area contributed by atoms with Crippen molar-refractivity contribution in [1.82, 2.24) is 34.9 Å². The Balaban J connectivity index is 0.000000484. The fourth-order valence-corrected chi connectivity index (χ4v) is 8.59. The molecule has 0 fully saturated rings. The third-order valence-corrected chi connectivity index (χ3v) is 15.1. The van der Waals surface area contributed by atoms with Crippen molar-refractivity contribution in [2.45, 2.75) is 277 Å². The molecule has 83 heavy (non-hydrogen) atoms. The van der Waals surface area contributed by atoms with Crippen LogP contribution in [0.3, 0.4) is 0 Å². The van der Waals surface area contributed by atoms with Gasteiger partial charge in [-0.05, 0) is 147 Å². The van der Waals surface area contributed by atoms with Gasteiger partial charge in [-0.1, -0.05) is 230 Å². The van der Waals surface area contributed by atoms with Crippen LogP contribution in [0, 0.1) is 0 Å². The summed E-state index contributed by atoms with van der Waals surface area (Å²) in [6, 6.07) is 28.0. The van der Waals surface area contributed by atoms with Crippen LogP contribution in [0.1, 0.15) is 355 Å². The maximum absolute atomic E-state index is 4.57. The van der Waals surface area contributed by atoms with Crippen LogP contribution < -0.4 is 0 Å². The van der Waals surface area contributed by atoms with E-state index >= 15 is 0 Å². The highest BCUT2D eigenvalue weighted by atomic mass is 32.1. The largest absolute Gasteiger partial charge is 0.264 e. The van der Waals surface area contributed by atoms with Crippen LogP contribution in [0.5, 0.6) is 0 Å². The Bertz CT molecular complexity index is 2220. The second kappa shape index (κ2) is 39.2. The van der Waals surface area contributed by atoms with Crippen molar-refractivity contribution in [3.63, 3.8) is 0 Å². The van der Waals surface area contributed by atoms with Gasteiger partial charge in [0.25, 0.3) is 0 Å². The molecule has 0 aliphatic heterocycles. The minimum atomic E-state index is 0.420. The smallest absolute Gasteiger partial charge is 0.131 e. The first-order chi connectivity index (χ1) is 38.8. The van der Waals surface area contributed by atoms with Gasteiger partial charge in [-0.15, -0.1) is 11.3 Å². The molecule has 0 atom stereocenters. The third-order valence-electron chi connectivity index (χ3n) is 13.9. The molecule has 0 spiro atoms. The summed E-state index contributed by atoms with van der Waals surface area (Å²) < 4.78 is 0. The van der Waals surface area contributed by atoms with E-state index in [1.165, 1.54) is 66.9 Å². The molecule has 0 bridgehead atoms. The van der Waals surface area contributed by atoms with E-state index in [-0.39, 0.29) is 0 Å². The van der Waals surface area contributed by atoms with E-state index in [1.807, 2.05) is 37.1 Å². The van der Waals surface area contributed by atoms with E-state index in [2.05, 4.69) is 307 Å². The fourth-order valence-electron chi connectivity index (χ4n) is 7.60. The number of thiazole rings is 1. The number of nitrogens with zero attached hydrogens (tertiary/aromatic N) is 7. The van der Waals surface area contributed by atoms with E-state index in [9.17, 15) is 0 Å². The van der Waals surface area contributed by atoms with Crippen LogP contribution in [0.15, 0.2) is 115 Å². The zero-order valence-corrected chi connectivity index (χ0v) is 58.4. The highest BCUT2D eigenvalue weighted by Crippen LogP contribution is 2.25. The van der Waals surface area contributed by atoms with Crippen molar-refractivity contribution in [3.8, 4) is 0 Å². The lowest BCUT2D eigenvalue weighted by Crippen LogP contribution is -2.01. The minimum absolute atomic E-state index is 0.420. The lowest BCUT2D eigenvalue weighted by Gasteiger charge is -2.09. The summed E-state index contributed by atoms with van der Waals surface area (Å²) in [5.41, 5.74) is 15.5. The second-order valence-corrected chi connectivity index (χ2v) is 27.2. The van der Waals surface area contributed by atoms with Crippen molar-refractivity contribution < 1.29 is 0 Å². The van der Waals surface area contributed by atoms with Gasteiger partial charge in [0.05, 0.1) is 10.7 Å². The summed E-state index contributed by atoms with van der Waals surface area (Å²) in [5, 5.41) is 3.42. The van der Waals surface area contributed by atoms with Gasteiger partial charge in [0, 0.05) is 76.7 Å². The lowest BCUT2D eigenvalue weighted by atomic mass is 9.96. The quantitative estimate of drug-likeness (QED) is 0.107. The van der Waals surface area contributed by atoms with Gasteiger partial charge in [0.1, 0.15) is 5.82 Å². The van der Waals surface area contributed by atoms with Crippen LogP contribution in [0.2, 0.25) is 0 Å². The molecule has 7 rings (SSSR count). The zero-order chi connectivity index (χ0) is 63.3. The molecule has 1 aromatic carbocycles. The molecule has 6 heterocycles. The van der Waals surface area contributed by atoms with Gasteiger partial charge < -0.3 is 0 Å². The van der Waals surface area contributed by atoms with Gasteiger partial charge in [0.15, 0.2) is 0 Å². The van der Waals surface area contributed by atoms with Crippen LogP contribution in [0.4, 0.5) is 0 Å². The summed E-state index contributed by atoms with van der Waals surface area (Å²) in [6.45, 7) is 61.2. The number of rotatable bonds is 14. The number of pyridine rings is 4. The summed E-state index contributed by atoms with van der Waals surface area (Å²) in [7, 11) is 0. The highest BCUT2D eigenvalue weighted by Gasteiger charge is 2.10. The van der Waals surface area contributed by atoms with Crippen LogP contribution in [-0.2, 0) is 0 Å². The fraction of sp³-hybridized carbons (Fsp3) is 0.560. The Hall–Kier alpha value is -5.47. The van der Waals surface area contributed by atoms with E-state index in [4.69, 9.17) is 0 Å². The number of hydrogen-bond acceptors (Lipinski definition) is 8. The molecule has 458 valence electrons. The predicted octanol–water partition coefficient (Wildman–Crippen LogP) is 23.4. The number of benzene rings is 1. The van der Waals surface area contributed by atoms with E-state index in [0.717, 1.165) is 11.5 Å². The molecule has 0 aliphatic rings. The van der Waals surface area contributed by atoms with Crippen molar-refractivity contribution in [3.05, 3.63) is 194 Å².